The van der Waals surface area contributed by atoms with Gasteiger partial charge in [0.05, 0.1) is 6.61 Å². The fourth-order valence-corrected chi connectivity index (χ4v) is 7.17. The molecule has 2 unspecified atom stereocenters. The molecule has 0 aromatic heterocycles. The summed E-state index contributed by atoms with van der Waals surface area (Å²) in [5, 5.41) is 2.94. The smallest absolute Gasteiger partial charge is 0.345 e. The van der Waals surface area contributed by atoms with Crippen LogP contribution in [0.3, 0.4) is 0 Å². The van der Waals surface area contributed by atoms with Crippen LogP contribution in [0.25, 0.3) is 0 Å². The van der Waals surface area contributed by atoms with Crippen LogP contribution in [-0.2, 0) is 13.8 Å². The second-order valence-corrected chi connectivity index (χ2v) is 15.2. The Morgan fingerprint density at radius 2 is 1.53 bits per heavy atom. The van der Waals surface area contributed by atoms with E-state index in [-0.39, 0.29) is 6.23 Å². The number of ether oxygens (including phenoxy) is 1. The van der Waals surface area contributed by atoms with Gasteiger partial charge >= 0.3 is 7.67 Å². The van der Waals surface area contributed by atoms with Crippen molar-refractivity contribution in [3.05, 3.63) is 46.6 Å². The van der Waals surface area contributed by atoms with Crippen molar-refractivity contribution < 1.29 is 13.8 Å². The lowest BCUT2D eigenvalue weighted by atomic mass is 10.0. The first-order chi connectivity index (χ1) is 20.5. The maximum Gasteiger partial charge on any atom is 0.345 e. The predicted molar refractivity (Wildman–Crippen MR) is 191 cm³/mol. The van der Waals surface area contributed by atoms with Crippen LogP contribution in [0.5, 0.6) is 0 Å². The first kappa shape index (κ1) is 42.6. The molecule has 1 rings (SSSR count). The zero-order chi connectivity index (χ0) is 32.5. The summed E-state index contributed by atoms with van der Waals surface area (Å²) in [6.07, 6.45) is 21.4. The largest absolute Gasteiger partial charge is 0.363 e. The maximum atomic E-state index is 13.1. The van der Waals surface area contributed by atoms with Crippen molar-refractivity contribution in [3.63, 3.8) is 0 Å². The van der Waals surface area contributed by atoms with E-state index in [9.17, 15) is 4.57 Å². The highest BCUT2D eigenvalue weighted by molar-refractivity contribution is 7.54. The minimum absolute atomic E-state index is 0.244. The normalized spacial score (nSPS) is 20.3. The molecule has 0 radical (unpaired) electrons. The highest BCUT2D eigenvalue weighted by Gasteiger charge is 2.40. The molecular weight excluding hydrogens is 598 g/mol. The van der Waals surface area contributed by atoms with E-state index in [1.54, 1.807) is 10.2 Å². The number of unbranched alkanes of at least 4 members (excludes halogenated alkanes) is 1. The summed E-state index contributed by atoms with van der Waals surface area (Å²) in [6, 6.07) is 0. The summed E-state index contributed by atoms with van der Waals surface area (Å²) in [7, 11) is -3.14. The quantitative estimate of drug-likeness (QED) is 0.0573. The lowest BCUT2D eigenvalue weighted by Gasteiger charge is -2.40. The molecule has 1 heterocycles. The van der Waals surface area contributed by atoms with E-state index in [4.69, 9.17) is 32.5 Å². The molecule has 1 aliphatic rings. The molecule has 8 heteroatoms. The Morgan fingerprint density at radius 3 is 2.12 bits per heavy atom. The molecule has 0 saturated carbocycles. The van der Waals surface area contributed by atoms with Gasteiger partial charge in [-0.25, -0.2) is 5.09 Å². The van der Waals surface area contributed by atoms with Crippen molar-refractivity contribution in [2.24, 2.45) is 5.92 Å². The second-order valence-electron chi connectivity index (χ2n) is 12.3. The van der Waals surface area contributed by atoms with Gasteiger partial charge in [-0.15, -0.1) is 23.2 Å². The number of hydrogen-bond donors (Lipinski definition) is 1. The Hall–Kier alpha value is -0.390. The van der Waals surface area contributed by atoms with E-state index in [0.29, 0.717) is 44.5 Å². The highest BCUT2D eigenvalue weighted by atomic mass is 35.5. The van der Waals surface area contributed by atoms with E-state index in [1.165, 1.54) is 55.2 Å². The van der Waals surface area contributed by atoms with Gasteiger partial charge in [0.1, 0.15) is 6.23 Å². The van der Waals surface area contributed by atoms with Crippen LogP contribution in [0, 0.1) is 5.92 Å². The van der Waals surface area contributed by atoms with Crippen molar-refractivity contribution in [2.45, 2.75) is 132 Å². The molecule has 2 atom stereocenters. The Balaban J connectivity index is 0.00000106. The molecule has 1 saturated heterocycles. The number of hydrogen-bond acceptors (Lipinski definition) is 3. The zero-order valence-corrected chi connectivity index (χ0v) is 31.3. The summed E-state index contributed by atoms with van der Waals surface area (Å²) in [5.74, 6) is 1.56. The first-order valence-corrected chi connectivity index (χ1v) is 19.2. The van der Waals surface area contributed by atoms with E-state index < -0.39 is 7.67 Å². The van der Waals surface area contributed by atoms with Gasteiger partial charge in [0, 0.05) is 37.9 Å². The molecule has 0 aromatic rings. The third-order valence-corrected chi connectivity index (χ3v) is 9.84. The molecule has 1 fully saturated rings. The third kappa shape index (κ3) is 22.7. The number of rotatable bonds is 21. The molecule has 43 heavy (non-hydrogen) atoms. The first-order valence-electron chi connectivity index (χ1n) is 16.6. The van der Waals surface area contributed by atoms with Crippen molar-refractivity contribution in [1.82, 2.24) is 9.76 Å². The fourth-order valence-electron chi connectivity index (χ4n) is 4.59. The van der Waals surface area contributed by atoms with E-state index in [0.717, 1.165) is 31.6 Å². The van der Waals surface area contributed by atoms with Gasteiger partial charge in [0.25, 0.3) is 0 Å². The van der Waals surface area contributed by atoms with Crippen LogP contribution in [0.15, 0.2) is 46.6 Å². The predicted octanol–water partition coefficient (Wildman–Crippen LogP) is 11.6. The van der Waals surface area contributed by atoms with E-state index in [2.05, 4.69) is 84.8 Å². The summed E-state index contributed by atoms with van der Waals surface area (Å²) < 4.78 is 26.4. The molecule has 0 amide bonds. The minimum Gasteiger partial charge on any atom is -0.363 e. The van der Waals surface area contributed by atoms with Crippen LogP contribution in [0.4, 0.5) is 0 Å². The van der Waals surface area contributed by atoms with Crippen molar-refractivity contribution in [2.75, 3.05) is 38.1 Å². The van der Waals surface area contributed by atoms with Gasteiger partial charge in [-0.1, -0.05) is 73.8 Å². The zero-order valence-electron chi connectivity index (χ0n) is 28.9. The molecule has 0 aromatic carbocycles. The minimum atomic E-state index is -3.14. The van der Waals surface area contributed by atoms with Crippen LogP contribution >= 0.6 is 30.9 Å². The van der Waals surface area contributed by atoms with Crippen molar-refractivity contribution in [1.29, 1.82) is 0 Å². The number of nitrogens with one attached hydrogen (secondary N) is 1. The van der Waals surface area contributed by atoms with Gasteiger partial charge in [-0.2, -0.15) is 4.67 Å². The van der Waals surface area contributed by atoms with Crippen LogP contribution in [0.1, 0.15) is 126 Å². The number of alkyl halides is 2. The molecule has 0 aliphatic carbocycles. The van der Waals surface area contributed by atoms with E-state index in [1.807, 2.05) is 0 Å². The molecule has 252 valence electrons. The lowest BCUT2D eigenvalue weighted by Crippen LogP contribution is -2.45. The SMILES string of the molecule is CC(C)=CCC/C(C)=C/CCC(C)C.CCC/C=C(\C)CC/C=C(\C)CCCOC1CCOP(=O)(NCCCl)N1CCCl. The molecule has 0 bridgehead atoms. The average molecular weight is 664 g/mol. The van der Waals surface area contributed by atoms with E-state index >= 15 is 0 Å². The van der Waals surface area contributed by atoms with Crippen LogP contribution < -0.4 is 5.09 Å². The molecule has 0 spiro atoms. The summed E-state index contributed by atoms with van der Waals surface area (Å²) >= 11 is 11.7. The summed E-state index contributed by atoms with van der Waals surface area (Å²) in [6.45, 7) is 19.6. The Kier molecular flexibility index (Phi) is 26.5. The number of nitrogens with zero attached hydrogens (tertiary/aromatic N) is 1. The topological polar surface area (TPSA) is 50.8 Å². The van der Waals surface area contributed by atoms with Gasteiger partial charge in [0.15, 0.2) is 0 Å². The van der Waals surface area contributed by atoms with Crippen LogP contribution in [0.2, 0.25) is 0 Å². The monoisotopic (exact) mass is 662 g/mol. The Morgan fingerprint density at radius 1 is 0.930 bits per heavy atom. The summed E-state index contributed by atoms with van der Waals surface area (Å²) in [4.78, 5) is 0. The fraction of sp³-hybridized carbons (Fsp3) is 0.771. The van der Waals surface area contributed by atoms with Gasteiger partial charge < -0.3 is 9.26 Å². The second kappa shape index (κ2) is 26.8. The molecule has 5 nitrogen and oxygen atoms in total. The highest BCUT2D eigenvalue weighted by Crippen LogP contribution is 2.51. The van der Waals surface area contributed by atoms with Gasteiger partial charge in [0.2, 0.25) is 0 Å². The maximum absolute atomic E-state index is 13.1. The molecule has 1 N–H and O–H groups in total. The van der Waals surface area contributed by atoms with Crippen LogP contribution in [-0.4, -0.2) is 49.0 Å². The number of allylic oxidation sites excluding steroid dienone is 8. The average Bonchev–Trinajstić information content (AvgIpc) is 2.95. The standard InChI is InChI=1S/C21H39Cl2N2O3P.C14H26/c1-4-5-8-19(2)9-6-10-20(3)11-7-17-27-21-12-18-28-29(26,24-15-13-22)25(21)16-14-23;1-12(2)8-6-10-14(5)11-7-9-13(3)4/h8,10,21H,4-7,9,11-18H2,1-3H3,(H,24,26);8,11,13H,6-7,9-10H2,1-5H3/b19-8+,20-10+;14-11+. The third-order valence-electron chi connectivity index (χ3n) is 7.19. The van der Waals surface area contributed by atoms with Crippen molar-refractivity contribution in [3.8, 4) is 0 Å². The molecule has 1 aliphatic heterocycles. The van der Waals surface area contributed by atoms with Gasteiger partial charge in [-0.05, 0) is 98.3 Å². The summed E-state index contributed by atoms with van der Waals surface area (Å²) in [5.41, 5.74) is 5.85. The van der Waals surface area contributed by atoms with Gasteiger partial charge in [-0.3, -0.25) is 4.57 Å². The number of halogens is 2. The lowest BCUT2D eigenvalue weighted by molar-refractivity contribution is -0.0541. The Bertz CT molecular complexity index is 882. The molecular formula is C35H65Cl2N2O3P. The Labute approximate surface area is 276 Å². The van der Waals surface area contributed by atoms with Crippen molar-refractivity contribution >= 4 is 30.9 Å².